The van der Waals surface area contributed by atoms with E-state index in [1.807, 2.05) is 0 Å². The van der Waals surface area contributed by atoms with E-state index in [0.29, 0.717) is 16.3 Å². The van der Waals surface area contributed by atoms with Crippen LogP contribution in [0.2, 0.25) is 5.02 Å². The summed E-state index contributed by atoms with van der Waals surface area (Å²) in [6.07, 6.45) is 0.316. The van der Waals surface area contributed by atoms with Gasteiger partial charge in [0.15, 0.2) is 17.6 Å². The van der Waals surface area contributed by atoms with Crippen molar-refractivity contribution in [3.05, 3.63) is 58.7 Å². The molecule has 1 fully saturated rings. The minimum absolute atomic E-state index is 0.0334. The zero-order valence-electron chi connectivity index (χ0n) is 17.6. The first-order chi connectivity index (χ1) is 15.7. The first-order valence-corrected chi connectivity index (χ1v) is 10.0. The summed E-state index contributed by atoms with van der Waals surface area (Å²) in [7, 11) is 1.38. The van der Waals surface area contributed by atoms with E-state index in [9.17, 15) is 19.2 Å². The van der Waals surface area contributed by atoms with Gasteiger partial charge in [0, 0.05) is 10.7 Å². The van der Waals surface area contributed by atoms with Crippen molar-refractivity contribution < 1.29 is 33.8 Å². The van der Waals surface area contributed by atoms with E-state index in [4.69, 9.17) is 26.2 Å². The lowest BCUT2D eigenvalue weighted by atomic mass is 10.1. The van der Waals surface area contributed by atoms with Crippen molar-refractivity contribution in [2.24, 2.45) is 0 Å². The number of aliphatic carboxylic acids is 1. The first-order valence-electron chi connectivity index (χ1n) is 9.65. The molecular formula is C22H20ClN3O7. The number of carbonyl (C=O) groups excluding carboxylic acids is 3. The summed E-state index contributed by atoms with van der Waals surface area (Å²) in [5.74, 6) is -1.92. The van der Waals surface area contributed by atoms with Crippen LogP contribution in [0.5, 0.6) is 11.5 Å². The average Bonchev–Trinajstić information content (AvgIpc) is 3.03. The van der Waals surface area contributed by atoms with Crippen LogP contribution in [0.3, 0.4) is 0 Å². The monoisotopic (exact) mass is 473 g/mol. The second-order valence-corrected chi connectivity index (χ2v) is 7.38. The molecule has 11 heteroatoms. The highest BCUT2D eigenvalue weighted by Crippen LogP contribution is 2.30. The maximum Gasteiger partial charge on any atom is 0.344 e. The van der Waals surface area contributed by atoms with Crippen LogP contribution < -0.4 is 20.1 Å². The van der Waals surface area contributed by atoms with Crippen molar-refractivity contribution in [3.8, 4) is 11.5 Å². The maximum atomic E-state index is 12.7. The highest BCUT2D eigenvalue weighted by molar-refractivity contribution is 6.30. The summed E-state index contributed by atoms with van der Waals surface area (Å²) in [5.41, 5.74) is 0.922. The highest BCUT2D eigenvalue weighted by atomic mass is 35.5. The number of anilines is 1. The molecule has 0 radical (unpaired) electrons. The van der Waals surface area contributed by atoms with Crippen LogP contribution in [0.4, 0.5) is 10.5 Å². The van der Waals surface area contributed by atoms with Crippen molar-refractivity contribution in [1.82, 2.24) is 10.2 Å². The Balaban J connectivity index is 1.71. The molecule has 0 aromatic heterocycles. The summed E-state index contributed by atoms with van der Waals surface area (Å²) >= 11 is 5.81. The molecule has 172 valence electrons. The molecule has 33 heavy (non-hydrogen) atoms. The van der Waals surface area contributed by atoms with E-state index in [1.165, 1.54) is 32.2 Å². The quantitative estimate of drug-likeness (QED) is 0.396. The number of carboxylic acid groups (broad SMARTS) is 1. The zero-order chi connectivity index (χ0) is 24.1. The molecule has 0 bridgehead atoms. The van der Waals surface area contributed by atoms with Crippen LogP contribution in [0.15, 0.2) is 48.2 Å². The van der Waals surface area contributed by atoms with Gasteiger partial charge in [-0.3, -0.25) is 9.59 Å². The molecule has 4 amide bonds. The number of nitrogens with one attached hydrogen (secondary N) is 2. The lowest BCUT2D eigenvalue weighted by Gasteiger charge is -2.14. The van der Waals surface area contributed by atoms with Crippen molar-refractivity contribution in [1.29, 1.82) is 0 Å². The van der Waals surface area contributed by atoms with Gasteiger partial charge >= 0.3 is 12.0 Å². The number of methoxy groups -OCH3 is 1. The Kier molecular flexibility index (Phi) is 7.19. The summed E-state index contributed by atoms with van der Waals surface area (Å²) < 4.78 is 10.6. The number of nitrogens with zero attached hydrogens (tertiary/aromatic N) is 1. The summed E-state index contributed by atoms with van der Waals surface area (Å²) in [5, 5.41) is 14.5. The number of benzene rings is 2. The normalized spacial score (nSPS) is 15.2. The standard InChI is InChI=1S/C22H20ClN3O7/c1-12(21(29)30)33-17-8-3-13(10-18(17)32-2)9-16-20(28)26(22(31)25-16)11-19(27)24-15-6-4-14(23)5-7-15/h3-10,12H,11H2,1-2H3,(H,24,27)(H,25,31)(H,29,30)/b16-9-/t12-/m1/s1. The predicted octanol–water partition coefficient (Wildman–Crippen LogP) is 2.73. The van der Waals surface area contributed by atoms with Crippen molar-refractivity contribution >= 4 is 47.2 Å². The van der Waals surface area contributed by atoms with Crippen molar-refractivity contribution in [2.75, 3.05) is 19.0 Å². The Hall–Kier alpha value is -4.05. The Morgan fingerprint density at radius 2 is 1.88 bits per heavy atom. The van der Waals surface area contributed by atoms with Gasteiger partial charge in [0.05, 0.1) is 7.11 Å². The Morgan fingerprint density at radius 1 is 1.18 bits per heavy atom. The summed E-state index contributed by atoms with van der Waals surface area (Å²) in [4.78, 5) is 48.9. The van der Waals surface area contributed by atoms with Gasteiger partial charge in [0.1, 0.15) is 12.2 Å². The summed E-state index contributed by atoms with van der Waals surface area (Å²) in [6, 6.07) is 10.2. The second kappa shape index (κ2) is 10.0. The van der Waals surface area contributed by atoms with Crippen LogP contribution in [0.1, 0.15) is 12.5 Å². The Labute approximate surface area is 193 Å². The van der Waals surface area contributed by atoms with E-state index >= 15 is 0 Å². The molecule has 0 unspecified atom stereocenters. The third-order valence-corrected chi connectivity index (χ3v) is 4.79. The van der Waals surface area contributed by atoms with E-state index in [2.05, 4.69) is 10.6 Å². The molecule has 1 atom stereocenters. The summed E-state index contributed by atoms with van der Waals surface area (Å²) in [6.45, 7) is 0.899. The number of amides is 4. The largest absolute Gasteiger partial charge is 0.493 e. The van der Waals surface area contributed by atoms with Crippen LogP contribution in [-0.4, -0.2) is 53.6 Å². The van der Waals surface area contributed by atoms with Gasteiger partial charge in [-0.05, 0) is 55.0 Å². The number of hydrogen-bond donors (Lipinski definition) is 3. The van der Waals surface area contributed by atoms with Gasteiger partial charge < -0.3 is 25.2 Å². The molecule has 1 saturated heterocycles. The minimum Gasteiger partial charge on any atom is -0.493 e. The molecule has 1 aliphatic heterocycles. The number of urea groups is 1. The molecular weight excluding hydrogens is 454 g/mol. The number of imide groups is 1. The van der Waals surface area contributed by atoms with E-state index in [1.54, 1.807) is 30.3 Å². The fourth-order valence-corrected chi connectivity index (χ4v) is 3.00. The third-order valence-electron chi connectivity index (χ3n) is 4.54. The van der Waals surface area contributed by atoms with Crippen LogP contribution in [-0.2, 0) is 14.4 Å². The second-order valence-electron chi connectivity index (χ2n) is 6.94. The fraction of sp³-hybridized carbons (Fsp3) is 0.182. The molecule has 3 rings (SSSR count). The molecule has 2 aromatic carbocycles. The fourth-order valence-electron chi connectivity index (χ4n) is 2.87. The number of carboxylic acids is 1. The Bertz CT molecular complexity index is 1130. The van der Waals surface area contributed by atoms with Gasteiger partial charge in [-0.2, -0.15) is 0 Å². The smallest absolute Gasteiger partial charge is 0.344 e. The third kappa shape index (κ3) is 5.80. The average molecular weight is 474 g/mol. The maximum absolute atomic E-state index is 12.7. The van der Waals surface area contributed by atoms with Gasteiger partial charge in [-0.25, -0.2) is 14.5 Å². The molecule has 3 N–H and O–H groups in total. The van der Waals surface area contributed by atoms with Crippen molar-refractivity contribution in [2.45, 2.75) is 13.0 Å². The molecule has 0 saturated carbocycles. The minimum atomic E-state index is -1.14. The van der Waals surface area contributed by atoms with Crippen LogP contribution in [0.25, 0.3) is 6.08 Å². The van der Waals surface area contributed by atoms with E-state index in [0.717, 1.165) is 4.90 Å². The topological polar surface area (TPSA) is 134 Å². The zero-order valence-corrected chi connectivity index (χ0v) is 18.4. The number of hydrogen-bond acceptors (Lipinski definition) is 6. The van der Waals surface area contributed by atoms with Crippen LogP contribution >= 0.6 is 11.6 Å². The van der Waals surface area contributed by atoms with E-state index in [-0.39, 0.29) is 17.2 Å². The first kappa shape index (κ1) is 23.6. The lowest BCUT2D eigenvalue weighted by Crippen LogP contribution is -2.38. The molecule has 1 aliphatic rings. The molecule has 10 nitrogen and oxygen atoms in total. The van der Waals surface area contributed by atoms with E-state index < -0.39 is 36.5 Å². The Morgan fingerprint density at radius 3 is 2.52 bits per heavy atom. The molecule has 2 aromatic rings. The van der Waals surface area contributed by atoms with Gasteiger partial charge in [0.2, 0.25) is 5.91 Å². The van der Waals surface area contributed by atoms with Crippen molar-refractivity contribution in [3.63, 3.8) is 0 Å². The highest BCUT2D eigenvalue weighted by Gasteiger charge is 2.35. The SMILES string of the molecule is COc1cc(/C=C2\NC(=O)N(CC(=O)Nc3ccc(Cl)cc3)C2=O)ccc1O[C@H](C)C(=O)O. The lowest BCUT2D eigenvalue weighted by molar-refractivity contribution is -0.144. The van der Waals surface area contributed by atoms with Crippen LogP contribution in [0, 0.1) is 0 Å². The number of rotatable bonds is 8. The predicted molar refractivity (Wildman–Crippen MR) is 119 cm³/mol. The number of ether oxygens (including phenoxy) is 2. The van der Waals surface area contributed by atoms with Gasteiger partial charge in [-0.1, -0.05) is 17.7 Å². The van der Waals surface area contributed by atoms with Gasteiger partial charge in [0.25, 0.3) is 5.91 Å². The number of carbonyl (C=O) groups is 4. The molecule has 0 aliphatic carbocycles. The number of halogens is 1. The van der Waals surface area contributed by atoms with Gasteiger partial charge in [-0.15, -0.1) is 0 Å². The molecule has 0 spiro atoms. The molecule has 1 heterocycles.